The van der Waals surface area contributed by atoms with Gasteiger partial charge in [-0.1, -0.05) is 12.2 Å². The molecule has 4 aliphatic rings. The maximum atomic E-state index is 6.77. The number of fused-ring (bicyclic) bond motifs is 2. The number of hydrogen-bond donors (Lipinski definition) is 2. The van der Waals surface area contributed by atoms with Gasteiger partial charge in [-0.15, -0.1) is 0 Å². The molecule has 1 unspecified atom stereocenters. The van der Waals surface area contributed by atoms with Gasteiger partial charge in [-0.25, -0.2) is 0 Å². The van der Waals surface area contributed by atoms with Gasteiger partial charge >= 0.3 is 0 Å². The Labute approximate surface area is 200 Å². The second-order valence-electron chi connectivity index (χ2n) is 9.31. The molecule has 2 N–H and O–H groups in total. The number of nitrogens with zero attached hydrogens (tertiary/aromatic N) is 2. The Balaban J connectivity index is 1.24. The van der Waals surface area contributed by atoms with E-state index in [9.17, 15) is 0 Å². The number of rotatable bonds is 5. The Morgan fingerprint density at radius 2 is 2.03 bits per heavy atom. The highest BCUT2D eigenvalue weighted by Crippen LogP contribution is 2.44. The van der Waals surface area contributed by atoms with Gasteiger partial charge in [0, 0.05) is 54.2 Å². The molecule has 0 bridgehead atoms. The molecular formula is C27H30N4OS. The Morgan fingerprint density at radius 1 is 1.15 bits per heavy atom. The van der Waals surface area contributed by atoms with Crippen LogP contribution in [0.2, 0.25) is 0 Å². The van der Waals surface area contributed by atoms with Crippen molar-refractivity contribution in [3.8, 4) is 5.75 Å². The van der Waals surface area contributed by atoms with E-state index in [0.29, 0.717) is 5.92 Å². The molecule has 1 spiro atoms. The van der Waals surface area contributed by atoms with Crippen molar-refractivity contribution >= 4 is 28.8 Å². The number of anilines is 3. The fourth-order valence-electron chi connectivity index (χ4n) is 5.35. The van der Waals surface area contributed by atoms with Gasteiger partial charge in [-0.2, -0.15) is 11.8 Å². The minimum Gasteiger partial charge on any atom is -0.483 e. The van der Waals surface area contributed by atoms with E-state index in [2.05, 4.69) is 63.1 Å². The van der Waals surface area contributed by atoms with Crippen LogP contribution in [0.1, 0.15) is 25.7 Å². The number of benzene rings is 1. The van der Waals surface area contributed by atoms with Gasteiger partial charge < -0.3 is 20.3 Å². The van der Waals surface area contributed by atoms with Crippen molar-refractivity contribution in [3.63, 3.8) is 0 Å². The summed E-state index contributed by atoms with van der Waals surface area (Å²) in [6.45, 7) is 2.00. The molecule has 1 aromatic carbocycles. The zero-order valence-electron chi connectivity index (χ0n) is 18.8. The summed E-state index contributed by atoms with van der Waals surface area (Å²) in [5.41, 5.74) is 6.09. The topological polar surface area (TPSA) is 49.4 Å². The molecule has 4 heterocycles. The van der Waals surface area contributed by atoms with Gasteiger partial charge in [-0.3, -0.25) is 4.98 Å². The van der Waals surface area contributed by atoms with Crippen LogP contribution < -0.4 is 20.3 Å². The summed E-state index contributed by atoms with van der Waals surface area (Å²) in [6, 6.07) is 10.5. The van der Waals surface area contributed by atoms with Gasteiger partial charge in [0.15, 0.2) is 0 Å². The lowest BCUT2D eigenvalue weighted by Gasteiger charge is -2.46. The lowest BCUT2D eigenvalue weighted by atomic mass is 9.89. The predicted octanol–water partition coefficient (Wildman–Crippen LogP) is 5.63. The molecule has 6 heteroatoms. The summed E-state index contributed by atoms with van der Waals surface area (Å²) in [6.07, 6.45) is 16.9. The Kier molecular flexibility index (Phi) is 5.54. The van der Waals surface area contributed by atoms with Crippen molar-refractivity contribution in [1.82, 2.24) is 10.3 Å². The quantitative estimate of drug-likeness (QED) is 0.606. The second-order valence-corrected chi connectivity index (χ2v) is 10.5. The molecule has 0 radical (unpaired) electrons. The summed E-state index contributed by atoms with van der Waals surface area (Å²) in [5, 5.41) is 6.99. The first-order valence-corrected chi connectivity index (χ1v) is 13.1. The highest BCUT2D eigenvalue weighted by atomic mass is 32.2. The number of hydrogen-bond acceptors (Lipinski definition) is 6. The fourth-order valence-corrected chi connectivity index (χ4v) is 6.59. The third-order valence-electron chi connectivity index (χ3n) is 7.18. The average Bonchev–Trinajstić information content (AvgIpc) is 3.26. The molecule has 5 nitrogen and oxygen atoms in total. The highest BCUT2D eigenvalue weighted by Gasteiger charge is 2.41. The third-order valence-corrected chi connectivity index (χ3v) is 8.17. The average molecular weight is 459 g/mol. The maximum absolute atomic E-state index is 6.77. The van der Waals surface area contributed by atoms with Crippen molar-refractivity contribution in [2.24, 2.45) is 5.92 Å². The van der Waals surface area contributed by atoms with Crippen LogP contribution in [-0.2, 0) is 0 Å². The molecule has 1 aromatic heterocycles. The lowest BCUT2D eigenvalue weighted by Crippen LogP contribution is -2.53. The predicted molar refractivity (Wildman–Crippen MR) is 137 cm³/mol. The summed E-state index contributed by atoms with van der Waals surface area (Å²) in [7, 11) is 0. The monoisotopic (exact) mass is 458 g/mol. The molecule has 3 aliphatic heterocycles. The summed E-state index contributed by atoms with van der Waals surface area (Å²) < 4.78 is 6.77. The normalized spacial score (nSPS) is 22.5. The molecule has 1 fully saturated rings. The molecule has 1 saturated heterocycles. The van der Waals surface area contributed by atoms with E-state index in [1.165, 1.54) is 28.5 Å². The Morgan fingerprint density at radius 3 is 2.91 bits per heavy atom. The number of nitrogens with one attached hydrogen (secondary N) is 2. The molecule has 6 rings (SSSR count). The van der Waals surface area contributed by atoms with E-state index in [0.717, 1.165) is 55.9 Å². The van der Waals surface area contributed by atoms with Gasteiger partial charge in [0.2, 0.25) is 0 Å². The van der Waals surface area contributed by atoms with Crippen molar-refractivity contribution in [1.29, 1.82) is 0 Å². The SMILES string of the molecule is C1=CCC2C(CCN3CC4(CCSCC4)Oc4cc(Nc5ccncc5)ccc43)=CNC2=C1. The Hall–Kier alpha value is -2.86. The number of allylic oxidation sites excluding steroid dienone is 4. The van der Waals surface area contributed by atoms with E-state index in [1.54, 1.807) is 0 Å². The van der Waals surface area contributed by atoms with E-state index in [1.807, 2.05) is 36.3 Å². The first-order valence-electron chi connectivity index (χ1n) is 11.9. The maximum Gasteiger partial charge on any atom is 0.145 e. The summed E-state index contributed by atoms with van der Waals surface area (Å²) >= 11 is 2.05. The van der Waals surface area contributed by atoms with Crippen LogP contribution in [0.25, 0.3) is 0 Å². The van der Waals surface area contributed by atoms with Crippen molar-refractivity contribution in [2.45, 2.75) is 31.3 Å². The molecule has 33 heavy (non-hydrogen) atoms. The van der Waals surface area contributed by atoms with E-state index < -0.39 is 0 Å². The fraction of sp³-hybridized carbons (Fsp3) is 0.370. The van der Waals surface area contributed by atoms with Crippen LogP contribution in [0.3, 0.4) is 0 Å². The van der Waals surface area contributed by atoms with Gasteiger partial charge in [0.1, 0.15) is 11.4 Å². The minimum atomic E-state index is -0.0749. The minimum absolute atomic E-state index is 0.0749. The smallest absolute Gasteiger partial charge is 0.145 e. The third kappa shape index (κ3) is 4.24. The zero-order valence-corrected chi connectivity index (χ0v) is 19.6. The van der Waals surface area contributed by atoms with Gasteiger partial charge in [0.05, 0.1) is 12.2 Å². The van der Waals surface area contributed by atoms with Crippen LogP contribution >= 0.6 is 11.8 Å². The van der Waals surface area contributed by atoms with Crippen LogP contribution in [0, 0.1) is 5.92 Å². The number of thioether (sulfide) groups is 1. The van der Waals surface area contributed by atoms with Crippen LogP contribution in [-0.4, -0.2) is 35.2 Å². The zero-order chi connectivity index (χ0) is 22.1. The molecule has 0 amide bonds. The number of pyridine rings is 1. The first kappa shape index (κ1) is 20.7. The van der Waals surface area contributed by atoms with Crippen molar-refractivity contribution < 1.29 is 4.74 Å². The summed E-state index contributed by atoms with van der Waals surface area (Å²) in [4.78, 5) is 6.69. The highest BCUT2D eigenvalue weighted by molar-refractivity contribution is 7.99. The van der Waals surface area contributed by atoms with Crippen LogP contribution in [0.4, 0.5) is 17.1 Å². The standard InChI is InChI=1S/C27H30N4OS/c1-2-4-24-23(3-1)20(18-29-24)9-14-31-19-27(10-15-33-16-11-27)32-26-17-22(5-6-25(26)31)30-21-7-12-28-13-8-21/h1-2,4-8,12-13,17-18,23,29H,3,9-11,14-16,19H2,(H,28,30). The van der Waals surface area contributed by atoms with E-state index in [-0.39, 0.29) is 5.60 Å². The van der Waals surface area contributed by atoms with Gasteiger partial charge in [0.25, 0.3) is 0 Å². The molecule has 170 valence electrons. The van der Waals surface area contributed by atoms with E-state index >= 15 is 0 Å². The molecule has 1 atom stereocenters. The molecule has 2 aromatic rings. The van der Waals surface area contributed by atoms with Gasteiger partial charge in [-0.05, 0) is 73.1 Å². The molecule has 0 saturated carbocycles. The summed E-state index contributed by atoms with van der Waals surface area (Å²) in [5.74, 6) is 3.89. The Bertz CT molecular complexity index is 1100. The molecular weight excluding hydrogens is 428 g/mol. The first-order chi connectivity index (χ1) is 16.3. The van der Waals surface area contributed by atoms with Crippen molar-refractivity contribution in [2.75, 3.05) is 34.8 Å². The van der Waals surface area contributed by atoms with Crippen LogP contribution in [0.15, 0.2) is 78.4 Å². The number of aromatic nitrogens is 1. The second kappa shape index (κ2) is 8.82. The molecule has 1 aliphatic carbocycles. The largest absolute Gasteiger partial charge is 0.483 e. The number of ether oxygens (including phenoxy) is 1. The lowest BCUT2D eigenvalue weighted by molar-refractivity contribution is 0.0573. The van der Waals surface area contributed by atoms with Crippen molar-refractivity contribution in [3.05, 3.63) is 78.4 Å². The van der Waals surface area contributed by atoms with E-state index in [4.69, 9.17) is 4.74 Å². The van der Waals surface area contributed by atoms with Crippen LogP contribution in [0.5, 0.6) is 5.75 Å².